The maximum atomic E-state index is 10.0. The van der Waals surface area contributed by atoms with Gasteiger partial charge >= 0.3 is 5.97 Å². The Labute approximate surface area is 65.3 Å². The summed E-state index contributed by atoms with van der Waals surface area (Å²) in [6.07, 6.45) is 0. The lowest BCUT2D eigenvalue weighted by Gasteiger charge is -1.86. The number of thioether (sulfide) groups is 1. The predicted octanol–water partition coefficient (Wildman–Crippen LogP) is 0.515. The fourth-order valence-corrected chi connectivity index (χ4v) is 1.43. The largest absolute Gasteiger partial charge is 0.481 e. The van der Waals surface area contributed by atoms with E-state index >= 15 is 0 Å². The molecular formula is C4H3N2O2S2. The molecule has 6 heteroatoms. The zero-order chi connectivity index (χ0) is 7.40. The van der Waals surface area contributed by atoms with Crippen molar-refractivity contribution in [1.29, 1.82) is 0 Å². The highest BCUT2D eigenvalue weighted by Gasteiger charge is 2.01. The van der Waals surface area contributed by atoms with Crippen LogP contribution in [0.15, 0.2) is 4.34 Å². The van der Waals surface area contributed by atoms with Crippen LogP contribution in [0, 0.1) is 5.51 Å². The molecule has 10 heavy (non-hydrogen) atoms. The highest BCUT2D eigenvalue weighted by molar-refractivity contribution is 8.01. The van der Waals surface area contributed by atoms with E-state index in [1.165, 1.54) is 11.3 Å². The highest BCUT2D eigenvalue weighted by Crippen LogP contribution is 2.17. The SMILES string of the molecule is O=C(O)CSc1nn[c]s1. The molecule has 1 aromatic heterocycles. The number of carbonyl (C=O) groups is 1. The molecule has 0 amide bonds. The Morgan fingerprint density at radius 3 is 3.20 bits per heavy atom. The molecule has 1 radical (unpaired) electrons. The minimum absolute atomic E-state index is 0.0308. The Morgan fingerprint density at radius 2 is 2.70 bits per heavy atom. The number of carboxylic acid groups (broad SMARTS) is 1. The van der Waals surface area contributed by atoms with Gasteiger partial charge in [0.25, 0.3) is 0 Å². The van der Waals surface area contributed by atoms with Crippen LogP contribution in [0.25, 0.3) is 0 Å². The Balaban J connectivity index is 2.35. The summed E-state index contributed by atoms with van der Waals surface area (Å²) in [4.78, 5) is 10.0. The van der Waals surface area contributed by atoms with E-state index in [1.54, 1.807) is 0 Å². The minimum atomic E-state index is -0.847. The summed E-state index contributed by atoms with van der Waals surface area (Å²) >= 11 is 2.37. The second-order valence-corrected chi connectivity index (χ2v) is 3.34. The van der Waals surface area contributed by atoms with Crippen LogP contribution < -0.4 is 0 Å². The van der Waals surface area contributed by atoms with Crippen molar-refractivity contribution < 1.29 is 9.90 Å². The summed E-state index contributed by atoms with van der Waals surface area (Å²) in [6, 6.07) is 0. The zero-order valence-corrected chi connectivity index (χ0v) is 6.41. The maximum Gasteiger partial charge on any atom is 0.313 e. The van der Waals surface area contributed by atoms with Crippen molar-refractivity contribution >= 4 is 29.1 Å². The van der Waals surface area contributed by atoms with Gasteiger partial charge in [0.2, 0.25) is 0 Å². The van der Waals surface area contributed by atoms with Crippen molar-refractivity contribution in [3.05, 3.63) is 5.51 Å². The third kappa shape index (κ3) is 2.32. The number of hydrogen-bond acceptors (Lipinski definition) is 5. The van der Waals surface area contributed by atoms with Crippen LogP contribution in [0.2, 0.25) is 0 Å². The predicted molar refractivity (Wildman–Crippen MR) is 37.1 cm³/mol. The Bertz CT molecular complexity index is 211. The summed E-state index contributed by atoms with van der Waals surface area (Å²) in [5, 5.41) is 15.3. The molecule has 0 aliphatic heterocycles. The molecule has 0 atom stereocenters. The second-order valence-electron chi connectivity index (χ2n) is 1.34. The van der Waals surface area contributed by atoms with E-state index in [0.29, 0.717) is 4.34 Å². The molecule has 0 aliphatic carbocycles. The first-order valence-corrected chi connectivity index (χ1v) is 4.13. The third-order valence-corrected chi connectivity index (χ3v) is 2.38. The first-order valence-electron chi connectivity index (χ1n) is 2.33. The summed E-state index contributed by atoms with van der Waals surface area (Å²) in [7, 11) is 0. The number of hydrogen-bond donors (Lipinski definition) is 1. The monoisotopic (exact) mass is 175 g/mol. The van der Waals surface area contributed by atoms with E-state index < -0.39 is 5.97 Å². The van der Waals surface area contributed by atoms with Crippen LogP contribution in [0.1, 0.15) is 0 Å². The number of aliphatic carboxylic acids is 1. The van der Waals surface area contributed by atoms with Gasteiger partial charge in [0.15, 0.2) is 9.85 Å². The van der Waals surface area contributed by atoms with Crippen LogP contribution >= 0.6 is 23.1 Å². The van der Waals surface area contributed by atoms with Crippen LogP contribution in [0.4, 0.5) is 0 Å². The molecule has 53 valence electrons. The van der Waals surface area contributed by atoms with Crippen molar-refractivity contribution in [3.63, 3.8) is 0 Å². The average molecular weight is 175 g/mol. The van der Waals surface area contributed by atoms with Gasteiger partial charge in [-0.25, -0.2) is 0 Å². The van der Waals surface area contributed by atoms with Gasteiger partial charge in [-0.15, -0.1) is 10.2 Å². The van der Waals surface area contributed by atoms with Crippen molar-refractivity contribution in [2.24, 2.45) is 0 Å². The van der Waals surface area contributed by atoms with Crippen molar-refractivity contribution in [1.82, 2.24) is 10.2 Å². The first kappa shape index (κ1) is 7.49. The van der Waals surface area contributed by atoms with Crippen LogP contribution in [-0.2, 0) is 4.79 Å². The molecule has 1 aromatic rings. The molecule has 0 aromatic carbocycles. The third-order valence-electron chi connectivity index (χ3n) is 0.625. The molecule has 1 N–H and O–H groups in total. The van der Waals surface area contributed by atoms with E-state index in [-0.39, 0.29) is 5.75 Å². The fraction of sp³-hybridized carbons (Fsp3) is 0.250. The first-order chi connectivity index (χ1) is 4.79. The van der Waals surface area contributed by atoms with E-state index in [0.717, 1.165) is 11.8 Å². The minimum Gasteiger partial charge on any atom is -0.481 e. The molecule has 0 saturated carbocycles. The number of carboxylic acids is 1. The molecule has 4 nitrogen and oxygen atoms in total. The molecule has 0 fully saturated rings. The quantitative estimate of drug-likeness (QED) is 0.678. The number of aromatic nitrogens is 2. The molecular weight excluding hydrogens is 172 g/mol. The van der Waals surface area contributed by atoms with Gasteiger partial charge in [-0.2, -0.15) is 0 Å². The fourth-order valence-electron chi connectivity index (χ4n) is 0.323. The van der Waals surface area contributed by atoms with Crippen LogP contribution in [-0.4, -0.2) is 27.0 Å². The molecule has 0 aliphatic rings. The van der Waals surface area contributed by atoms with Gasteiger partial charge in [-0.1, -0.05) is 23.1 Å². The topological polar surface area (TPSA) is 63.1 Å². The van der Waals surface area contributed by atoms with Gasteiger partial charge in [-0.05, 0) is 0 Å². The van der Waals surface area contributed by atoms with Gasteiger partial charge in [0.1, 0.15) is 0 Å². The Kier molecular flexibility index (Phi) is 2.64. The van der Waals surface area contributed by atoms with Crippen LogP contribution in [0.5, 0.6) is 0 Å². The van der Waals surface area contributed by atoms with Crippen molar-refractivity contribution in [2.75, 3.05) is 5.75 Å². The summed E-state index contributed by atoms with van der Waals surface area (Å²) in [5.41, 5.74) is 2.52. The average Bonchev–Trinajstić information content (AvgIpc) is 2.34. The molecule has 0 bridgehead atoms. The number of rotatable bonds is 3. The van der Waals surface area contributed by atoms with E-state index in [2.05, 4.69) is 15.7 Å². The van der Waals surface area contributed by atoms with Crippen molar-refractivity contribution in [3.8, 4) is 0 Å². The maximum absolute atomic E-state index is 10.0. The summed E-state index contributed by atoms with van der Waals surface area (Å²) in [6.45, 7) is 0. The van der Waals surface area contributed by atoms with E-state index in [9.17, 15) is 4.79 Å². The van der Waals surface area contributed by atoms with Crippen molar-refractivity contribution in [2.45, 2.75) is 4.34 Å². The molecule has 0 spiro atoms. The smallest absolute Gasteiger partial charge is 0.313 e. The molecule has 0 unspecified atom stereocenters. The molecule has 1 rings (SSSR count). The zero-order valence-electron chi connectivity index (χ0n) is 4.77. The summed E-state index contributed by atoms with van der Waals surface area (Å²) < 4.78 is 0.641. The standard InChI is InChI=1S/C4H3N2O2S2/c7-3(8)1-9-4-6-5-2-10-4/h1H2,(H,7,8). The lowest BCUT2D eigenvalue weighted by atomic mass is 10.8. The molecule has 1 heterocycles. The van der Waals surface area contributed by atoms with Crippen LogP contribution in [0.3, 0.4) is 0 Å². The molecule has 0 saturated heterocycles. The summed E-state index contributed by atoms with van der Waals surface area (Å²) in [5.74, 6) is -0.816. The Hall–Kier alpha value is -0.620. The van der Waals surface area contributed by atoms with E-state index in [1.807, 2.05) is 0 Å². The highest BCUT2D eigenvalue weighted by atomic mass is 32.2. The van der Waals surface area contributed by atoms with Gasteiger partial charge in [0, 0.05) is 0 Å². The van der Waals surface area contributed by atoms with E-state index in [4.69, 9.17) is 5.11 Å². The number of nitrogens with zero attached hydrogens (tertiary/aromatic N) is 2. The van der Waals surface area contributed by atoms with Gasteiger partial charge in [0.05, 0.1) is 5.75 Å². The Morgan fingerprint density at radius 1 is 1.90 bits per heavy atom. The lowest BCUT2D eigenvalue weighted by Crippen LogP contribution is -1.96. The second kappa shape index (κ2) is 3.52. The van der Waals surface area contributed by atoms with Gasteiger partial charge in [-0.3, -0.25) is 4.79 Å². The normalized spacial score (nSPS) is 9.60. The van der Waals surface area contributed by atoms with Gasteiger partial charge < -0.3 is 5.11 Å². The lowest BCUT2D eigenvalue weighted by molar-refractivity contribution is -0.133.